The summed E-state index contributed by atoms with van der Waals surface area (Å²) in [4.78, 5) is 18.4. The number of pyridine rings is 1. The fourth-order valence-electron chi connectivity index (χ4n) is 2.10. The van der Waals surface area contributed by atoms with Gasteiger partial charge >= 0.3 is 6.09 Å². The number of amides is 1. The van der Waals surface area contributed by atoms with Crippen LogP contribution in [0.5, 0.6) is 0 Å². The van der Waals surface area contributed by atoms with E-state index in [1.807, 2.05) is 59.7 Å². The third-order valence-electron chi connectivity index (χ3n) is 3.22. The Balaban J connectivity index is 2.41. The number of nitrogens with zero attached hydrogens (tertiary/aromatic N) is 2. The van der Waals surface area contributed by atoms with Gasteiger partial charge in [-0.3, -0.25) is 4.98 Å². The molecule has 0 aliphatic heterocycles. The Kier molecular flexibility index (Phi) is 7.01. The average molecular weight is 321 g/mol. The molecule has 0 aromatic carbocycles. The minimum absolute atomic E-state index is 0.267. The van der Waals surface area contributed by atoms with Crippen LogP contribution in [0.4, 0.5) is 4.79 Å². The highest BCUT2D eigenvalue weighted by atomic mass is 16.6. The Bertz CT molecular complexity index is 475. The second kappa shape index (κ2) is 8.29. The predicted octanol–water partition coefficient (Wildman–Crippen LogP) is 3.25. The lowest BCUT2D eigenvalue weighted by Crippen LogP contribution is -2.50. The average Bonchev–Trinajstić information content (AvgIpc) is 2.40. The maximum Gasteiger partial charge on any atom is 0.410 e. The second-order valence-electron chi connectivity index (χ2n) is 7.62. The van der Waals surface area contributed by atoms with E-state index in [0.717, 1.165) is 25.2 Å². The molecule has 1 aromatic heterocycles. The molecule has 1 heterocycles. The topological polar surface area (TPSA) is 54.5 Å². The van der Waals surface area contributed by atoms with E-state index in [9.17, 15) is 4.79 Å². The van der Waals surface area contributed by atoms with Gasteiger partial charge in [0.05, 0.1) is 0 Å². The van der Waals surface area contributed by atoms with E-state index in [4.69, 9.17) is 4.74 Å². The van der Waals surface area contributed by atoms with Crippen LogP contribution >= 0.6 is 0 Å². The highest BCUT2D eigenvalue weighted by Crippen LogP contribution is 2.17. The first-order valence-electron chi connectivity index (χ1n) is 8.21. The van der Waals surface area contributed by atoms with Gasteiger partial charge < -0.3 is 15.0 Å². The smallest absolute Gasteiger partial charge is 0.410 e. The Labute approximate surface area is 140 Å². The molecule has 5 nitrogen and oxygen atoms in total. The number of rotatable bonds is 6. The first-order valence-corrected chi connectivity index (χ1v) is 8.21. The summed E-state index contributed by atoms with van der Waals surface area (Å²) in [7, 11) is 0. The standard InChI is InChI=1S/C18H31N3O2/c1-17(2,3)21(16(22)23-18(4,5)6)14-13-19-12-10-15-9-7-8-11-20-15/h7-9,11,19H,10,12-14H2,1-6H3. The number of nitrogens with one attached hydrogen (secondary N) is 1. The number of hydrogen-bond acceptors (Lipinski definition) is 4. The maximum atomic E-state index is 12.4. The molecule has 1 N–H and O–H groups in total. The molecule has 0 saturated heterocycles. The third-order valence-corrected chi connectivity index (χ3v) is 3.22. The molecule has 0 aliphatic carbocycles. The van der Waals surface area contributed by atoms with Gasteiger partial charge in [0.2, 0.25) is 0 Å². The van der Waals surface area contributed by atoms with Crippen molar-refractivity contribution in [1.82, 2.24) is 15.2 Å². The van der Waals surface area contributed by atoms with Crippen LogP contribution in [0, 0.1) is 0 Å². The van der Waals surface area contributed by atoms with Crippen LogP contribution in [0.15, 0.2) is 24.4 Å². The molecule has 0 radical (unpaired) electrons. The summed E-state index contributed by atoms with van der Waals surface area (Å²) in [6.07, 6.45) is 2.42. The third kappa shape index (κ3) is 7.98. The van der Waals surface area contributed by atoms with Gasteiger partial charge in [0.25, 0.3) is 0 Å². The second-order valence-corrected chi connectivity index (χ2v) is 7.62. The lowest BCUT2D eigenvalue weighted by molar-refractivity contribution is 0.00666. The van der Waals surface area contributed by atoms with Gasteiger partial charge in [-0.1, -0.05) is 6.07 Å². The van der Waals surface area contributed by atoms with E-state index in [1.54, 1.807) is 11.1 Å². The summed E-state index contributed by atoms with van der Waals surface area (Å²) in [6, 6.07) is 5.93. The molecule has 0 bridgehead atoms. The molecular weight excluding hydrogens is 290 g/mol. The predicted molar refractivity (Wildman–Crippen MR) is 93.5 cm³/mol. The van der Waals surface area contributed by atoms with E-state index in [1.165, 1.54) is 0 Å². The lowest BCUT2D eigenvalue weighted by Gasteiger charge is -2.36. The number of ether oxygens (including phenoxy) is 1. The summed E-state index contributed by atoms with van der Waals surface area (Å²) >= 11 is 0. The van der Waals surface area contributed by atoms with Crippen LogP contribution in [0.1, 0.15) is 47.2 Å². The molecule has 0 fully saturated rings. The fraction of sp³-hybridized carbons (Fsp3) is 0.667. The van der Waals surface area contributed by atoms with Gasteiger partial charge in [0.15, 0.2) is 0 Å². The number of carbonyl (C=O) groups excluding carboxylic acids is 1. The molecular formula is C18H31N3O2. The zero-order chi connectivity index (χ0) is 17.5. The van der Waals surface area contributed by atoms with Crippen LogP contribution < -0.4 is 5.32 Å². The zero-order valence-electron chi connectivity index (χ0n) is 15.3. The van der Waals surface area contributed by atoms with E-state index in [2.05, 4.69) is 10.3 Å². The summed E-state index contributed by atoms with van der Waals surface area (Å²) in [5, 5.41) is 3.36. The fourth-order valence-corrected chi connectivity index (χ4v) is 2.10. The minimum Gasteiger partial charge on any atom is -0.444 e. The van der Waals surface area contributed by atoms with Crippen LogP contribution in [0.2, 0.25) is 0 Å². The molecule has 0 saturated carbocycles. The zero-order valence-corrected chi connectivity index (χ0v) is 15.3. The van der Waals surface area contributed by atoms with Gasteiger partial charge in [0.1, 0.15) is 5.60 Å². The quantitative estimate of drug-likeness (QED) is 0.817. The molecule has 0 unspecified atom stereocenters. The highest BCUT2D eigenvalue weighted by molar-refractivity contribution is 5.69. The van der Waals surface area contributed by atoms with E-state index < -0.39 is 5.60 Å². The van der Waals surface area contributed by atoms with Gasteiger partial charge in [-0.15, -0.1) is 0 Å². The number of hydrogen-bond donors (Lipinski definition) is 1. The highest BCUT2D eigenvalue weighted by Gasteiger charge is 2.30. The van der Waals surface area contributed by atoms with Crippen LogP contribution in [0.3, 0.4) is 0 Å². The summed E-state index contributed by atoms with van der Waals surface area (Å²) in [5.74, 6) is 0. The lowest BCUT2D eigenvalue weighted by atomic mass is 10.1. The van der Waals surface area contributed by atoms with Crippen molar-refractivity contribution >= 4 is 6.09 Å². The molecule has 1 aromatic rings. The van der Waals surface area contributed by atoms with Gasteiger partial charge in [-0.05, 0) is 53.7 Å². The van der Waals surface area contributed by atoms with Crippen molar-refractivity contribution in [2.75, 3.05) is 19.6 Å². The summed E-state index contributed by atoms with van der Waals surface area (Å²) in [5.41, 5.74) is 0.317. The Morgan fingerprint density at radius 2 is 1.87 bits per heavy atom. The van der Waals surface area contributed by atoms with Crippen molar-refractivity contribution < 1.29 is 9.53 Å². The normalized spacial score (nSPS) is 12.1. The van der Waals surface area contributed by atoms with E-state index in [-0.39, 0.29) is 11.6 Å². The van der Waals surface area contributed by atoms with Crippen LogP contribution in [0.25, 0.3) is 0 Å². The molecule has 0 spiro atoms. The van der Waals surface area contributed by atoms with Gasteiger partial charge in [-0.2, -0.15) is 0 Å². The van der Waals surface area contributed by atoms with Gasteiger partial charge in [-0.25, -0.2) is 4.79 Å². The first kappa shape index (κ1) is 19.4. The van der Waals surface area contributed by atoms with E-state index in [0.29, 0.717) is 6.54 Å². The molecule has 23 heavy (non-hydrogen) atoms. The van der Waals surface area contributed by atoms with Crippen molar-refractivity contribution in [1.29, 1.82) is 0 Å². The molecule has 0 atom stereocenters. The minimum atomic E-state index is -0.479. The molecule has 130 valence electrons. The monoisotopic (exact) mass is 321 g/mol. The number of aromatic nitrogens is 1. The molecule has 0 aliphatic rings. The summed E-state index contributed by atoms with van der Waals surface area (Å²) in [6.45, 7) is 13.9. The summed E-state index contributed by atoms with van der Waals surface area (Å²) < 4.78 is 5.50. The molecule has 1 amide bonds. The van der Waals surface area contributed by atoms with Crippen LogP contribution in [-0.4, -0.2) is 46.8 Å². The van der Waals surface area contributed by atoms with Crippen molar-refractivity contribution in [3.63, 3.8) is 0 Å². The van der Waals surface area contributed by atoms with Gasteiger partial charge in [0, 0.05) is 43.5 Å². The maximum absolute atomic E-state index is 12.4. The van der Waals surface area contributed by atoms with Crippen molar-refractivity contribution in [3.05, 3.63) is 30.1 Å². The van der Waals surface area contributed by atoms with E-state index >= 15 is 0 Å². The molecule has 1 rings (SSSR count). The van der Waals surface area contributed by atoms with Crippen molar-refractivity contribution in [3.8, 4) is 0 Å². The Hall–Kier alpha value is -1.62. The largest absolute Gasteiger partial charge is 0.444 e. The van der Waals surface area contributed by atoms with Crippen molar-refractivity contribution in [2.24, 2.45) is 0 Å². The van der Waals surface area contributed by atoms with Crippen LogP contribution in [-0.2, 0) is 11.2 Å². The first-order chi connectivity index (χ1) is 10.6. The van der Waals surface area contributed by atoms with Crippen molar-refractivity contribution in [2.45, 2.75) is 59.1 Å². The molecule has 5 heteroatoms. The number of carbonyl (C=O) groups is 1. The Morgan fingerprint density at radius 1 is 1.17 bits per heavy atom. The SMILES string of the molecule is CC(C)(C)OC(=O)N(CCNCCc1ccccn1)C(C)(C)C. The Morgan fingerprint density at radius 3 is 2.39 bits per heavy atom.